The molecule has 0 spiro atoms. The minimum absolute atomic E-state index is 0.00850. The van der Waals surface area contributed by atoms with E-state index in [1.807, 2.05) is 49.2 Å². The van der Waals surface area contributed by atoms with Crippen LogP contribution in [0, 0.1) is 13.8 Å². The predicted octanol–water partition coefficient (Wildman–Crippen LogP) is 2.78. The molecule has 0 aliphatic rings. The summed E-state index contributed by atoms with van der Waals surface area (Å²) in [6.45, 7) is 4.73. The van der Waals surface area contributed by atoms with Crippen LogP contribution >= 0.6 is 11.3 Å². The quantitative estimate of drug-likeness (QED) is 0.707. The Bertz CT molecular complexity index is 974. The molecule has 130 valence electrons. The summed E-state index contributed by atoms with van der Waals surface area (Å²) in [7, 11) is 1.82. The van der Waals surface area contributed by atoms with Gasteiger partial charge < -0.3 is 9.47 Å². The molecule has 0 aliphatic carbocycles. The molecule has 0 unspecified atom stereocenters. The molecule has 0 saturated carbocycles. The van der Waals surface area contributed by atoms with Crippen LogP contribution in [0.4, 0.5) is 0 Å². The number of aryl methyl sites for hydroxylation is 2. The maximum absolute atomic E-state index is 12.7. The number of para-hydroxylation sites is 1. The number of hydrogen-bond acceptors (Lipinski definition) is 4. The van der Waals surface area contributed by atoms with Crippen LogP contribution in [-0.2, 0) is 17.8 Å². The Balaban J connectivity index is 1.78. The highest BCUT2D eigenvalue weighted by Gasteiger charge is 2.14. The van der Waals surface area contributed by atoms with Crippen molar-refractivity contribution in [2.75, 3.05) is 13.6 Å². The van der Waals surface area contributed by atoms with Crippen LogP contribution < -0.4 is 5.43 Å². The van der Waals surface area contributed by atoms with Crippen molar-refractivity contribution < 1.29 is 4.79 Å². The Kier molecular flexibility index (Phi) is 4.99. The van der Waals surface area contributed by atoms with Crippen LogP contribution in [-0.4, -0.2) is 34.0 Å². The Morgan fingerprint density at radius 3 is 2.76 bits per heavy atom. The number of aromatic nitrogens is 2. The summed E-state index contributed by atoms with van der Waals surface area (Å²) >= 11 is 1.62. The number of nitrogens with zero attached hydrogens (tertiary/aromatic N) is 3. The molecule has 0 N–H and O–H groups in total. The third-order valence-corrected chi connectivity index (χ3v) is 5.46. The van der Waals surface area contributed by atoms with Gasteiger partial charge in [0, 0.05) is 42.0 Å². The molecule has 3 rings (SSSR count). The van der Waals surface area contributed by atoms with Crippen molar-refractivity contribution >= 4 is 28.1 Å². The summed E-state index contributed by atoms with van der Waals surface area (Å²) in [5, 5.41) is 0.642. The van der Waals surface area contributed by atoms with Gasteiger partial charge in [-0.25, -0.2) is 4.98 Å². The number of thiazole rings is 1. The van der Waals surface area contributed by atoms with E-state index in [2.05, 4.69) is 4.98 Å². The fourth-order valence-corrected chi connectivity index (χ4v) is 3.65. The Morgan fingerprint density at radius 1 is 1.28 bits per heavy atom. The summed E-state index contributed by atoms with van der Waals surface area (Å²) in [6.07, 6.45) is 0.808. The minimum atomic E-state index is -0.00850. The lowest BCUT2D eigenvalue weighted by atomic mass is 10.2. The molecule has 0 aliphatic heterocycles. The summed E-state index contributed by atoms with van der Waals surface area (Å²) in [5.41, 5.74) is 4.46. The predicted molar refractivity (Wildman–Crippen MR) is 101 cm³/mol. The van der Waals surface area contributed by atoms with Gasteiger partial charge in [-0.3, -0.25) is 9.59 Å². The van der Waals surface area contributed by atoms with Gasteiger partial charge >= 0.3 is 0 Å². The maximum Gasteiger partial charge on any atom is 0.242 e. The molecule has 0 saturated heterocycles. The third kappa shape index (κ3) is 3.64. The maximum atomic E-state index is 12.7. The highest BCUT2D eigenvalue weighted by atomic mass is 32.1. The van der Waals surface area contributed by atoms with Crippen LogP contribution in [0.3, 0.4) is 0 Å². The number of rotatable bonds is 5. The number of pyridine rings is 1. The lowest BCUT2D eigenvalue weighted by Crippen LogP contribution is -2.32. The van der Waals surface area contributed by atoms with E-state index in [4.69, 9.17) is 0 Å². The standard InChI is InChI=1S/C19H21N3O2S/c1-13-10-17(23)15-6-4-5-7-16(15)22(13)11-19(24)21(3)9-8-18-14(2)20-12-25-18/h4-7,10,12H,8-9,11H2,1-3H3. The lowest BCUT2D eigenvalue weighted by molar-refractivity contribution is -0.130. The van der Waals surface area contributed by atoms with Crippen molar-refractivity contribution in [3.63, 3.8) is 0 Å². The molecule has 2 heterocycles. The molecular weight excluding hydrogens is 334 g/mol. The number of carbonyl (C=O) groups is 1. The summed E-state index contributed by atoms with van der Waals surface area (Å²) in [6, 6.07) is 9.01. The van der Waals surface area contributed by atoms with Crippen LogP contribution in [0.1, 0.15) is 16.3 Å². The van der Waals surface area contributed by atoms with Crippen molar-refractivity contribution in [2.24, 2.45) is 0 Å². The molecule has 1 aromatic carbocycles. The highest BCUT2D eigenvalue weighted by molar-refractivity contribution is 7.09. The van der Waals surface area contributed by atoms with Crippen LogP contribution in [0.5, 0.6) is 0 Å². The topological polar surface area (TPSA) is 55.2 Å². The third-order valence-electron chi connectivity index (χ3n) is 4.46. The Labute approximate surface area is 150 Å². The SMILES string of the molecule is Cc1ncsc1CCN(C)C(=O)Cn1c(C)cc(=O)c2ccccc21. The van der Waals surface area contributed by atoms with Crippen molar-refractivity contribution in [3.8, 4) is 0 Å². The average molecular weight is 355 g/mol. The monoisotopic (exact) mass is 355 g/mol. The van der Waals surface area contributed by atoms with Gasteiger partial charge in [0.15, 0.2) is 5.43 Å². The van der Waals surface area contributed by atoms with E-state index in [9.17, 15) is 9.59 Å². The summed E-state index contributed by atoms with van der Waals surface area (Å²) < 4.78 is 1.91. The number of amides is 1. The second kappa shape index (κ2) is 7.19. The molecular formula is C19H21N3O2S. The van der Waals surface area contributed by atoms with Crippen molar-refractivity contribution in [1.82, 2.24) is 14.5 Å². The number of likely N-dealkylation sites (N-methyl/N-ethyl adjacent to an activating group) is 1. The van der Waals surface area contributed by atoms with Gasteiger partial charge in [0.1, 0.15) is 6.54 Å². The number of hydrogen-bond donors (Lipinski definition) is 0. The first-order valence-corrected chi connectivity index (χ1v) is 9.07. The van der Waals surface area contributed by atoms with Crippen molar-refractivity contribution in [2.45, 2.75) is 26.8 Å². The van der Waals surface area contributed by atoms with E-state index < -0.39 is 0 Å². The zero-order valence-corrected chi connectivity index (χ0v) is 15.5. The lowest BCUT2D eigenvalue weighted by Gasteiger charge is -2.20. The minimum Gasteiger partial charge on any atom is -0.344 e. The normalized spacial score (nSPS) is 11.0. The second-order valence-corrected chi connectivity index (χ2v) is 7.12. The molecule has 5 nitrogen and oxygen atoms in total. The first-order valence-electron chi connectivity index (χ1n) is 8.19. The van der Waals surface area contributed by atoms with Gasteiger partial charge in [0.2, 0.25) is 5.91 Å². The first-order chi connectivity index (χ1) is 12.0. The van der Waals surface area contributed by atoms with E-state index in [-0.39, 0.29) is 17.9 Å². The van der Waals surface area contributed by atoms with Gasteiger partial charge in [-0.1, -0.05) is 12.1 Å². The zero-order chi connectivity index (χ0) is 18.0. The second-order valence-electron chi connectivity index (χ2n) is 6.18. The molecule has 3 aromatic rings. The fourth-order valence-electron chi connectivity index (χ4n) is 2.88. The van der Waals surface area contributed by atoms with E-state index in [1.165, 1.54) is 4.88 Å². The average Bonchev–Trinajstić information content (AvgIpc) is 3.01. The van der Waals surface area contributed by atoms with E-state index in [1.54, 1.807) is 28.4 Å². The van der Waals surface area contributed by atoms with E-state index in [0.717, 1.165) is 23.3 Å². The molecule has 0 bridgehead atoms. The van der Waals surface area contributed by atoms with Gasteiger partial charge in [0.25, 0.3) is 0 Å². The largest absolute Gasteiger partial charge is 0.344 e. The van der Waals surface area contributed by atoms with E-state index in [0.29, 0.717) is 11.9 Å². The molecule has 6 heteroatoms. The van der Waals surface area contributed by atoms with Gasteiger partial charge in [-0.05, 0) is 26.0 Å². The fraction of sp³-hybridized carbons (Fsp3) is 0.316. The van der Waals surface area contributed by atoms with Gasteiger partial charge in [-0.2, -0.15) is 0 Å². The van der Waals surface area contributed by atoms with Crippen molar-refractivity contribution in [1.29, 1.82) is 0 Å². The van der Waals surface area contributed by atoms with Crippen LogP contribution in [0.15, 0.2) is 40.6 Å². The van der Waals surface area contributed by atoms with Crippen LogP contribution in [0.25, 0.3) is 10.9 Å². The number of fused-ring (bicyclic) bond motifs is 1. The smallest absolute Gasteiger partial charge is 0.242 e. The molecule has 0 fully saturated rings. The molecule has 0 atom stereocenters. The molecule has 2 aromatic heterocycles. The number of carbonyl (C=O) groups excluding carboxylic acids is 1. The van der Waals surface area contributed by atoms with Crippen LogP contribution in [0.2, 0.25) is 0 Å². The zero-order valence-electron chi connectivity index (χ0n) is 14.7. The number of benzene rings is 1. The molecule has 1 amide bonds. The van der Waals surface area contributed by atoms with Crippen molar-refractivity contribution in [3.05, 3.63) is 62.3 Å². The highest BCUT2D eigenvalue weighted by Crippen LogP contribution is 2.15. The van der Waals surface area contributed by atoms with Gasteiger partial charge in [0.05, 0.1) is 16.7 Å². The molecule has 0 radical (unpaired) electrons. The van der Waals surface area contributed by atoms with Gasteiger partial charge in [-0.15, -0.1) is 11.3 Å². The Morgan fingerprint density at radius 2 is 2.04 bits per heavy atom. The first kappa shape index (κ1) is 17.4. The van der Waals surface area contributed by atoms with E-state index >= 15 is 0 Å². The molecule has 25 heavy (non-hydrogen) atoms. The summed E-state index contributed by atoms with van der Waals surface area (Å²) in [4.78, 5) is 32.0. The Hall–Kier alpha value is -2.47. The summed E-state index contributed by atoms with van der Waals surface area (Å²) in [5.74, 6) is 0.0269.